The molecule has 11 heteroatoms. The molecule has 11 nitrogen and oxygen atoms in total. The summed E-state index contributed by atoms with van der Waals surface area (Å²) in [5.41, 5.74) is 0.708. The highest BCUT2D eigenvalue weighted by Crippen LogP contribution is 2.17. The molecule has 152 valence electrons. The summed E-state index contributed by atoms with van der Waals surface area (Å²) in [6, 6.07) is 3.46. The lowest BCUT2D eigenvalue weighted by atomic mass is 10.3. The number of aromatic nitrogens is 4. The Morgan fingerprint density at radius 3 is 2.72 bits per heavy atom. The van der Waals surface area contributed by atoms with Crippen molar-refractivity contribution in [3.8, 4) is 0 Å². The minimum Gasteiger partial charge on any atom is -0.481 e. The first-order chi connectivity index (χ1) is 14.0. The summed E-state index contributed by atoms with van der Waals surface area (Å²) in [7, 11) is 0. The molecule has 0 aliphatic carbocycles. The fourth-order valence-electron chi connectivity index (χ4n) is 2.63. The van der Waals surface area contributed by atoms with Crippen molar-refractivity contribution in [2.75, 3.05) is 5.32 Å². The monoisotopic (exact) mass is 400 g/mol. The molecule has 3 heterocycles. The minimum atomic E-state index is -0.955. The molecule has 3 rings (SSSR count). The van der Waals surface area contributed by atoms with Gasteiger partial charge in [0.25, 0.3) is 11.8 Å². The van der Waals surface area contributed by atoms with Crippen molar-refractivity contribution in [2.24, 2.45) is 0 Å². The Morgan fingerprint density at radius 2 is 2.03 bits per heavy atom. The number of carboxylic acids is 1. The lowest BCUT2D eigenvalue weighted by Gasteiger charge is -2.09. The number of furan rings is 1. The molecule has 0 spiro atoms. The SMILES string of the molecule is CCn1ncc(NC(=O)c2cnn(CCC(=O)O)c2)c1C(=O)NCc1ccco1. The normalized spacial score (nSPS) is 10.7. The number of carbonyl (C=O) groups is 3. The standard InChI is InChI=1S/C18H20N6O5/c1-2-24-16(18(28)19-9-13-4-3-7-29-13)14(10-21-24)22-17(27)12-8-20-23(11-12)6-5-15(25)26/h3-4,7-8,10-11H,2,5-6,9H2,1H3,(H,19,28)(H,22,27)(H,25,26). The van der Waals surface area contributed by atoms with Gasteiger partial charge >= 0.3 is 5.97 Å². The van der Waals surface area contributed by atoms with Crippen LogP contribution in [0, 0.1) is 0 Å². The molecule has 3 aromatic rings. The van der Waals surface area contributed by atoms with Crippen molar-refractivity contribution in [3.63, 3.8) is 0 Å². The van der Waals surface area contributed by atoms with E-state index in [9.17, 15) is 14.4 Å². The zero-order valence-corrected chi connectivity index (χ0v) is 15.7. The maximum absolute atomic E-state index is 12.6. The molecule has 0 unspecified atom stereocenters. The van der Waals surface area contributed by atoms with E-state index in [1.807, 2.05) is 6.92 Å². The summed E-state index contributed by atoms with van der Waals surface area (Å²) in [4.78, 5) is 35.8. The lowest BCUT2D eigenvalue weighted by molar-refractivity contribution is -0.137. The number of carbonyl (C=O) groups excluding carboxylic acids is 2. The van der Waals surface area contributed by atoms with E-state index in [0.717, 1.165) is 0 Å². The van der Waals surface area contributed by atoms with Crippen LogP contribution in [0.15, 0.2) is 41.4 Å². The van der Waals surface area contributed by atoms with Gasteiger partial charge in [-0.2, -0.15) is 10.2 Å². The van der Waals surface area contributed by atoms with Crippen LogP contribution in [0.1, 0.15) is 40.0 Å². The van der Waals surface area contributed by atoms with E-state index in [2.05, 4.69) is 20.8 Å². The van der Waals surface area contributed by atoms with Gasteiger partial charge in [-0.3, -0.25) is 23.7 Å². The molecule has 0 saturated carbocycles. The predicted octanol–water partition coefficient (Wildman–Crippen LogP) is 1.35. The van der Waals surface area contributed by atoms with Gasteiger partial charge in [0.1, 0.15) is 11.5 Å². The van der Waals surface area contributed by atoms with Crippen molar-refractivity contribution in [2.45, 2.75) is 33.0 Å². The van der Waals surface area contributed by atoms with E-state index in [1.165, 1.54) is 34.2 Å². The van der Waals surface area contributed by atoms with Crippen molar-refractivity contribution in [1.82, 2.24) is 24.9 Å². The Morgan fingerprint density at radius 1 is 1.21 bits per heavy atom. The number of aliphatic carboxylic acids is 1. The number of hydrogen-bond donors (Lipinski definition) is 3. The highest BCUT2D eigenvalue weighted by atomic mass is 16.4. The first-order valence-corrected chi connectivity index (χ1v) is 8.90. The molecule has 0 atom stereocenters. The van der Waals surface area contributed by atoms with Crippen LogP contribution in [0.3, 0.4) is 0 Å². The van der Waals surface area contributed by atoms with Crippen LogP contribution in [-0.2, 0) is 24.4 Å². The first kappa shape index (κ1) is 19.9. The number of amides is 2. The summed E-state index contributed by atoms with van der Waals surface area (Å²) in [6.07, 6.45) is 5.58. The van der Waals surface area contributed by atoms with Crippen LogP contribution in [0.2, 0.25) is 0 Å². The van der Waals surface area contributed by atoms with Gasteiger partial charge in [-0.15, -0.1) is 0 Å². The summed E-state index contributed by atoms with van der Waals surface area (Å²) in [6.45, 7) is 2.61. The molecule has 2 amide bonds. The van der Waals surface area contributed by atoms with E-state index in [0.29, 0.717) is 12.3 Å². The molecule has 29 heavy (non-hydrogen) atoms. The number of rotatable bonds is 9. The van der Waals surface area contributed by atoms with Crippen molar-refractivity contribution < 1.29 is 23.9 Å². The van der Waals surface area contributed by atoms with Gasteiger partial charge in [0.05, 0.1) is 49.4 Å². The summed E-state index contributed by atoms with van der Waals surface area (Å²) >= 11 is 0. The van der Waals surface area contributed by atoms with Gasteiger partial charge in [-0.25, -0.2) is 0 Å². The van der Waals surface area contributed by atoms with Crippen LogP contribution in [-0.4, -0.2) is 42.5 Å². The Labute approximate surface area is 165 Å². The van der Waals surface area contributed by atoms with Crippen LogP contribution < -0.4 is 10.6 Å². The molecule has 0 aliphatic heterocycles. The highest BCUT2D eigenvalue weighted by Gasteiger charge is 2.21. The minimum absolute atomic E-state index is 0.105. The highest BCUT2D eigenvalue weighted by molar-refractivity contribution is 6.08. The molecule has 3 N–H and O–H groups in total. The molecule has 0 saturated heterocycles. The number of carboxylic acid groups (broad SMARTS) is 1. The molecular formula is C18H20N6O5. The fourth-order valence-corrected chi connectivity index (χ4v) is 2.63. The van der Waals surface area contributed by atoms with E-state index in [4.69, 9.17) is 9.52 Å². The van der Waals surface area contributed by atoms with E-state index in [-0.39, 0.29) is 36.5 Å². The van der Waals surface area contributed by atoms with Gasteiger partial charge < -0.3 is 20.2 Å². The van der Waals surface area contributed by atoms with Gasteiger partial charge in [-0.1, -0.05) is 0 Å². The van der Waals surface area contributed by atoms with E-state index >= 15 is 0 Å². The fraction of sp³-hybridized carbons (Fsp3) is 0.278. The number of aryl methyl sites for hydroxylation is 2. The molecular weight excluding hydrogens is 380 g/mol. The van der Waals surface area contributed by atoms with Crippen LogP contribution in [0.4, 0.5) is 5.69 Å². The lowest BCUT2D eigenvalue weighted by Crippen LogP contribution is -2.27. The topological polar surface area (TPSA) is 144 Å². The van der Waals surface area contributed by atoms with Crippen molar-refractivity contribution >= 4 is 23.5 Å². The molecule has 0 radical (unpaired) electrons. The summed E-state index contributed by atoms with van der Waals surface area (Å²) < 4.78 is 8.04. The van der Waals surface area contributed by atoms with Gasteiger partial charge in [-0.05, 0) is 19.1 Å². The smallest absolute Gasteiger partial charge is 0.305 e. The quantitative estimate of drug-likeness (QED) is 0.492. The zero-order valence-electron chi connectivity index (χ0n) is 15.7. The second-order valence-electron chi connectivity index (χ2n) is 6.07. The maximum Gasteiger partial charge on any atom is 0.305 e. The number of nitrogens with zero attached hydrogens (tertiary/aromatic N) is 4. The van der Waals surface area contributed by atoms with Gasteiger partial charge in [0.15, 0.2) is 0 Å². The number of hydrogen-bond acceptors (Lipinski definition) is 6. The number of nitrogens with one attached hydrogen (secondary N) is 2. The second-order valence-corrected chi connectivity index (χ2v) is 6.07. The molecule has 0 fully saturated rings. The van der Waals surface area contributed by atoms with Crippen LogP contribution >= 0.6 is 0 Å². The molecule has 3 aromatic heterocycles. The van der Waals surface area contributed by atoms with Crippen molar-refractivity contribution in [1.29, 1.82) is 0 Å². The van der Waals surface area contributed by atoms with Gasteiger partial charge in [0.2, 0.25) is 0 Å². The van der Waals surface area contributed by atoms with Crippen LogP contribution in [0.25, 0.3) is 0 Å². The predicted molar refractivity (Wildman–Crippen MR) is 100 cm³/mol. The van der Waals surface area contributed by atoms with E-state index < -0.39 is 17.8 Å². The van der Waals surface area contributed by atoms with Gasteiger partial charge in [0, 0.05) is 12.7 Å². The third-order valence-corrected chi connectivity index (χ3v) is 4.06. The average Bonchev–Trinajstić information content (AvgIpc) is 3.44. The third kappa shape index (κ3) is 4.89. The Balaban J connectivity index is 1.70. The summed E-state index contributed by atoms with van der Waals surface area (Å²) in [5, 5.41) is 22.2. The molecule has 0 bridgehead atoms. The average molecular weight is 400 g/mol. The Bertz CT molecular complexity index is 1000. The third-order valence-electron chi connectivity index (χ3n) is 4.06. The number of anilines is 1. The summed E-state index contributed by atoms with van der Waals surface area (Å²) in [5.74, 6) is -1.25. The van der Waals surface area contributed by atoms with Crippen LogP contribution in [0.5, 0.6) is 0 Å². The largest absolute Gasteiger partial charge is 0.481 e. The molecule has 0 aliphatic rings. The zero-order chi connectivity index (χ0) is 20.8. The molecule has 0 aromatic carbocycles. The van der Waals surface area contributed by atoms with E-state index in [1.54, 1.807) is 12.1 Å². The Kier molecular flexibility index (Phi) is 6.07. The van der Waals surface area contributed by atoms with Crippen molar-refractivity contribution in [3.05, 3.63) is 54.0 Å². The first-order valence-electron chi connectivity index (χ1n) is 8.90. The second kappa shape index (κ2) is 8.87. The maximum atomic E-state index is 12.6. The Hall–Kier alpha value is -3.89.